The van der Waals surface area contributed by atoms with Crippen LogP contribution in [0.1, 0.15) is 11.1 Å². The first kappa shape index (κ1) is 14.1. The van der Waals surface area contributed by atoms with Gasteiger partial charge >= 0.3 is 6.03 Å². The summed E-state index contributed by atoms with van der Waals surface area (Å²) in [6.45, 7) is 0.853. The number of hydrogen-bond acceptors (Lipinski definition) is 1. The average Bonchev–Trinajstić information content (AvgIpc) is 2.46. The van der Waals surface area contributed by atoms with Crippen molar-refractivity contribution in [3.63, 3.8) is 0 Å². The van der Waals surface area contributed by atoms with Gasteiger partial charge in [0.25, 0.3) is 0 Å². The van der Waals surface area contributed by atoms with Gasteiger partial charge in [-0.25, -0.2) is 9.18 Å². The van der Waals surface area contributed by atoms with Crippen LogP contribution in [0.25, 0.3) is 0 Å². The van der Waals surface area contributed by atoms with E-state index in [0.29, 0.717) is 13.1 Å². The van der Waals surface area contributed by atoms with Crippen LogP contribution in [0.5, 0.6) is 0 Å². The number of urea groups is 1. The van der Waals surface area contributed by atoms with E-state index in [-0.39, 0.29) is 11.8 Å². The van der Waals surface area contributed by atoms with E-state index in [2.05, 4.69) is 5.32 Å². The molecule has 4 heteroatoms. The third kappa shape index (κ3) is 4.09. The highest BCUT2D eigenvalue weighted by Gasteiger charge is 2.08. The third-order valence-electron chi connectivity index (χ3n) is 2.94. The Labute approximate surface area is 118 Å². The van der Waals surface area contributed by atoms with Gasteiger partial charge in [-0.05, 0) is 23.3 Å². The van der Waals surface area contributed by atoms with Crippen LogP contribution in [0, 0.1) is 5.82 Å². The van der Waals surface area contributed by atoms with Gasteiger partial charge in [-0.2, -0.15) is 0 Å². The molecule has 2 aromatic rings. The summed E-state index contributed by atoms with van der Waals surface area (Å²) in [6.07, 6.45) is 0. The van der Waals surface area contributed by atoms with E-state index in [1.807, 2.05) is 30.3 Å². The van der Waals surface area contributed by atoms with Gasteiger partial charge in [-0.1, -0.05) is 42.5 Å². The van der Waals surface area contributed by atoms with Crippen molar-refractivity contribution in [3.05, 3.63) is 71.5 Å². The van der Waals surface area contributed by atoms with E-state index in [1.54, 1.807) is 19.2 Å². The molecule has 0 bridgehead atoms. The second kappa shape index (κ2) is 6.70. The summed E-state index contributed by atoms with van der Waals surface area (Å²) in [4.78, 5) is 13.5. The van der Waals surface area contributed by atoms with Gasteiger partial charge in [0, 0.05) is 20.1 Å². The lowest BCUT2D eigenvalue weighted by molar-refractivity contribution is 0.206. The summed E-state index contributed by atoms with van der Waals surface area (Å²) in [5.74, 6) is -0.291. The van der Waals surface area contributed by atoms with Crippen molar-refractivity contribution >= 4 is 6.03 Å². The molecule has 0 aromatic heterocycles. The van der Waals surface area contributed by atoms with Crippen molar-refractivity contribution in [2.45, 2.75) is 13.1 Å². The first-order chi connectivity index (χ1) is 9.65. The molecule has 0 aliphatic rings. The number of nitrogens with one attached hydrogen (secondary N) is 1. The minimum atomic E-state index is -0.291. The summed E-state index contributed by atoms with van der Waals surface area (Å²) in [6, 6.07) is 15.8. The molecule has 1 N–H and O–H groups in total. The Balaban J connectivity index is 1.86. The van der Waals surface area contributed by atoms with Crippen LogP contribution in [-0.4, -0.2) is 18.0 Å². The molecule has 104 valence electrons. The fraction of sp³-hybridized carbons (Fsp3) is 0.188. The zero-order valence-corrected chi connectivity index (χ0v) is 11.3. The molecule has 0 saturated heterocycles. The molecule has 20 heavy (non-hydrogen) atoms. The average molecular weight is 272 g/mol. The summed E-state index contributed by atoms with van der Waals surface area (Å²) in [5.41, 5.74) is 1.81. The monoisotopic (exact) mass is 272 g/mol. The second-order valence-electron chi connectivity index (χ2n) is 4.63. The lowest BCUT2D eigenvalue weighted by atomic mass is 10.2. The predicted molar refractivity (Wildman–Crippen MR) is 76.5 cm³/mol. The van der Waals surface area contributed by atoms with Gasteiger partial charge in [0.05, 0.1) is 0 Å². The number of amides is 2. The first-order valence-electron chi connectivity index (χ1n) is 6.42. The van der Waals surface area contributed by atoms with E-state index in [4.69, 9.17) is 0 Å². The molecule has 0 atom stereocenters. The number of carbonyl (C=O) groups is 1. The zero-order chi connectivity index (χ0) is 14.4. The summed E-state index contributed by atoms with van der Waals surface area (Å²) in [7, 11) is 1.69. The summed E-state index contributed by atoms with van der Waals surface area (Å²) < 4.78 is 13.1. The van der Waals surface area contributed by atoms with Gasteiger partial charge in [-0.15, -0.1) is 0 Å². The van der Waals surface area contributed by atoms with E-state index >= 15 is 0 Å². The largest absolute Gasteiger partial charge is 0.334 e. The minimum absolute atomic E-state index is 0.182. The van der Waals surface area contributed by atoms with Crippen LogP contribution in [-0.2, 0) is 13.1 Å². The molecule has 2 aromatic carbocycles. The van der Waals surface area contributed by atoms with Crippen LogP contribution in [0.3, 0.4) is 0 Å². The summed E-state index contributed by atoms with van der Waals surface area (Å²) in [5, 5.41) is 2.83. The molecule has 0 heterocycles. The van der Waals surface area contributed by atoms with Crippen molar-refractivity contribution in [2.75, 3.05) is 7.05 Å². The Kier molecular flexibility index (Phi) is 4.71. The Hall–Kier alpha value is -2.36. The fourth-order valence-electron chi connectivity index (χ4n) is 1.89. The molecule has 0 radical (unpaired) electrons. The highest BCUT2D eigenvalue weighted by Crippen LogP contribution is 2.06. The number of benzene rings is 2. The van der Waals surface area contributed by atoms with Gasteiger partial charge in [0.1, 0.15) is 5.82 Å². The molecular formula is C16H17FN2O. The number of nitrogens with zero attached hydrogens (tertiary/aromatic N) is 1. The van der Waals surface area contributed by atoms with Gasteiger partial charge in [-0.3, -0.25) is 0 Å². The maximum Gasteiger partial charge on any atom is 0.317 e. The Morgan fingerprint density at radius 2 is 1.80 bits per heavy atom. The third-order valence-corrected chi connectivity index (χ3v) is 2.94. The lowest BCUT2D eigenvalue weighted by Crippen LogP contribution is -2.36. The van der Waals surface area contributed by atoms with Crippen LogP contribution in [0.4, 0.5) is 9.18 Å². The zero-order valence-electron chi connectivity index (χ0n) is 11.3. The van der Waals surface area contributed by atoms with Crippen LogP contribution in [0.2, 0.25) is 0 Å². The minimum Gasteiger partial charge on any atom is -0.334 e. The molecule has 2 amide bonds. The predicted octanol–water partition coefficient (Wildman–Crippen LogP) is 3.17. The maximum atomic E-state index is 13.1. The lowest BCUT2D eigenvalue weighted by Gasteiger charge is -2.18. The van der Waals surface area contributed by atoms with E-state index in [1.165, 1.54) is 17.0 Å². The van der Waals surface area contributed by atoms with Gasteiger partial charge in [0.15, 0.2) is 0 Å². The van der Waals surface area contributed by atoms with Gasteiger partial charge < -0.3 is 10.2 Å². The SMILES string of the molecule is CN(Cc1cccc(F)c1)C(=O)NCc1ccccc1. The Morgan fingerprint density at radius 3 is 2.50 bits per heavy atom. The normalized spacial score (nSPS) is 10.1. The van der Waals surface area contributed by atoms with Crippen molar-refractivity contribution in [1.29, 1.82) is 0 Å². The van der Waals surface area contributed by atoms with E-state index in [0.717, 1.165) is 11.1 Å². The molecule has 2 rings (SSSR count). The quantitative estimate of drug-likeness (QED) is 0.911. The first-order valence-corrected chi connectivity index (χ1v) is 6.42. The topological polar surface area (TPSA) is 32.3 Å². The fourth-order valence-corrected chi connectivity index (χ4v) is 1.89. The molecule has 3 nitrogen and oxygen atoms in total. The van der Waals surface area contributed by atoms with E-state index < -0.39 is 0 Å². The smallest absolute Gasteiger partial charge is 0.317 e. The van der Waals surface area contributed by atoms with Crippen molar-refractivity contribution < 1.29 is 9.18 Å². The molecular weight excluding hydrogens is 255 g/mol. The number of carbonyl (C=O) groups excluding carboxylic acids is 1. The molecule has 0 unspecified atom stereocenters. The van der Waals surface area contributed by atoms with Crippen molar-refractivity contribution in [2.24, 2.45) is 0 Å². The highest BCUT2D eigenvalue weighted by molar-refractivity contribution is 5.73. The maximum absolute atomic E-state index is 13.1. The van der Waals surface area contributed by atoms with E-state index in [9.17, 15) is 9.18 Å². The van der Waals surface area contributed by atoms with Crippen LogP contribution >= 0.6 is 0 Å². The molecule has 0 aliphatic carbocycles. The molecule has 0 fully saturated rings. The highest BCUT2D eigenvalue weighted by atomic mass is 19.1. The molecule has 0 aliphatic heterocycles. The standard InChI is InChI=1S/C16H17FN2O/c1-19(12-14-8-5-9-15(17)10-14)16(20)18-11-13-6-3-2-4-7-13/h2-10H,11-12H2,1H3,(H,18,20). The molecule has 0 saturated carbocycles. The summed E-state index contributed by atoms with van der Waals surface area (Å²) >= 11 is 0. The van der Waals surface area contributed by atoms with Crippen molar-refractivity contribution in [3.8, 4) is 0 Å². The number of rotatable bonds is 4. The second-order valence-corrected chi connectivity index (χ2v) is 4.63. The Morgan fingerprint density at radius 1 is 1.10 bits per heavy atom. The van der Waals surface area contributed by atoms with Crippen LogP contribution < -0.4 is 5.32 Å². The number of hydrogen-bond donors (Lipinski definition) is 1. The van der Waals surface area contributed by atoms with Crippen molar-refractivity contribution in [1.82, 2.24) is 10.2 Å². The van der Waals surface area contributed by atoms with Gasteiger partial charge in [0.2, 0.25) is 0 Å². The Bertz CT molecular complexity index is 572. The van der Waals surface area contributed by atoms with Crippen LogP contribution in [0.15, 0.2) is 54.6 Å². The molecule has 0 spiro atoms. The number of halogens is 1.